The van der Waals surface area contributed by atoms with Gasteiger partial charge in [-0.15, -0.1) is 0 Å². The molecule has 0 bridgehead atoms. The van der Waals surface area contributed by atoms with Crippen molar-refractivity contribution in [2.75, 3.05) is 12.4 Å². The first-order valence-electron chi connectivity index (χ1n) is 10.5. The van der Waals surface area contributed by atoms with Gasteiger partial charge in [0.05, 0.1) is 7.11 Å². The van der Waals surface area contributed by atoms with Crippen molar-refractivity contribution in [1.82, 2.24) is 18.7 Å². The van der Waals surface area contributed by atoms with Gasteiger partial charge in [0, 0.05) is 39.7 Å². The van der Waals surface area contributed by atoms with E-state index in [9.17, 15) is 19.2 Å². The predicted molar refractivity (Wildman–Crippen MR) is 126 cm³/mol. The van der Waals surface area contributed by atoms with Gasteiger partial charge in [0.25, 0.3) is 5.56 Å². The van der Waals surface area contributed by atoms with E-state index in [1.54, 1.807) is 30.8 Å². The molecule has 1 aromatic carbocycles. The molecule has 0 radical (unpaired) electrons. The minimum Gasteiger partial charge on any atom is -0.469 e. The molecule has 3 rings (SSSR count). The molecule has 1 amide bonds. The van der Waals surface area contributed by atoms with Gasteiger partial charge in [-0.1, -0.05) is 18.2 Å². The number of imidazole rings is 1. The lowest BCUT2D eigenvalue weighted by Gasteiger charge is -2.06. The Morgan fingerprint density at radius 3 is 2.48 bits per heavy atom. The van der Waals surface area contributed by atoms with Crippen LogP contribution in [0.15, 0.2) is 33.9 Å². The van der Waals surface area contributed by atoms with Crippen molar-refractivity contribution in [3.8, 4) is 0 Å². The number of amides is 1. The first-order chi connectivity index (χ1) is 15.7. The summed E-state index contributed by atoms with van der Waals surface area (Å²) in [6.07, 6.45) is 5.36. The van der Waals surface area contributed by atoms with Crippen molar-refractivity contribution in [2.24, 2.45) is 21.1 Å². The predicted octanol–water partition coefficient (Wildman–Crippen LogP) is 1.81. The maximum atomic E-state index is 12.5. The molecule has 0 saturated carbocycles. The van der Waals surface area contributed by atoms with Crippen LogP contribution in [-0.4, -0.2) is 37.7 Å². The molecule has 10 heteroatoms. The first-order valence-corrected chi connectivity index (χ1v) is 10.5. The van der Waals surface area contributed by atoms with Crippen LogP contribution in [0, 0.1) is 0 Å². The largest absolute Gasteiger partial charge is 0.469 e. The molecular weight excluding hydrogens is 426 g/mol. The fraction of sp³-hybridized carbons (Fsp3) is 0.348. The SMILES string of the molecule is COC(=O)CCCCC(=O)Nc1cccc(/C=C/c2nc3c(c(=O)n(C)c(=O)n3C)n2C)c1. The summed E-state index contributed by atoms with van der Waals surface area (Å²) in [6.45, 7) is 0. The molecule has 0 fully saturated rings. The Morgan fingerprint density at radius 1 is 1.03 bits per heavy atom. The monoisotopic (exact) mass is 453 g/mol. The number of esters is 1. The Bertz CT molecular complexity index is 1350. The molecule has 1 N–H and O–H groups in total. The molecule has 0 saturated heterocycles. The smallest absolute Gasteiger partial charge is 0.332 e. The van der Waals surface area contributed by atoms with E-state index in [1.807, 2.05) is 24.3 Å². The molecule has 0 spiro atoms. The topological polar surface area (TPSA) is 117 Å². The van der Waals surface area contributed by atoms with Gasteiger partial charge in [0.1, 0.15) is 5.82 Å². The quantitative estimate of drug-likeness (QED) is 0.411. The van der Waals surface area contributed by atoms with Crippen LogP contribution in [-0.2, 0) is 35.5 Å². The molecule has 3 aromatic rings. The van der Waals surface area contributed by atoms with E-state index >= 15 is 0 Å². The van der Waals surface area contributed by atoms with Crippen LogP contribution in [0.25, 0.3) is 23.3 Å². The third kappa shape index (κ3) is 5.28. The number of aryl methyl sites for hydroxylation is 2. The minimum atomic E-state index is -0.435. The zero-order chi connectivity index (χ0) is 24.1. The van der Waals surface area contributed by atoms with E-state index in [-0.39, 0.29) is 11.9 Å². The number of fused-ring (bicyclic) bond motifs is 1. The van der Waals surface area contributed by atoms with Crippen molar-refractivity contribution in [3.05, 3.63) is 56.5 Å². The summed E-state index contributed by atoms with van der Waals surface area (Å²) < 4.78 is 8.63. The lowest BCUT2D eigenvalue weighted by atomic mass is 10.1. The summed E-state index contributed by atoms with van der Waals surface area (Å²) in [5.74, 6) is 0.106. The van der Waals surface area contributed by atoms with Crippen LogP contribution >= 0.6 is 0 Å². The van der Waals surface area contributed by atoms with E-state index in [0.717, 1.165) is 10.1 Å². The van der Waals surface area contributed by atoms with E-state index in [4.69, 9.17) is 0 Å². The van der Waals surface area contributed by atoms with Crippen molar-refractivity contribution in [1.29, 1.82) is 0 Å². The number of rotatable bonds is 8. The summed E-state index contributed by atoms with van der Waals surface area (Å²) >= 11 is 0. The van der Waals surface area contributed by atoms with Crippen molar-refractivity contribution < 1.29 is 14.3 Å². The Hall–Kier alpha value is -3.95. The maximum Gasteiger partial charge on any atom is 0.332 e. The van der Waals surface area contributed by atoms with Crippen LogP contribution in [0.3, 0.4) is 0 Å². The van der Waals surface area contributed by atoms with Gasteiger partial charge in [0.2, 0.25) is 5.91 Å². The number of benzene rings is 1. The zero-order valence-corrected chi connectivity index (χ0v) is 19.1. The van der Waals surface area contributed by atoms with Crippen LogP contribution in [0.2, 0.25) is 0 Å². The van der Waals surface area contributed by atoms with Gasteiger partial charge in [0.15, 0.2) is 11.2 Å². The maximum absolute atomic E-state index is 12.5. The Morgan fingerprint density at radius 2 is 1.76 bits per heavy atom. The van der Waals surface area contributed by atoms with Crippen LogP contribution in [0.5, 0.6) is 0 Å². The molecular formula is C23H27N5O5. The molecule has 0 atom stereocenters. The number of nitrogens with zero attached hydrogens (tertiary/aromatic N) is 4. The van der Waals surface area contributed by atoms with Crippen LogP contribution < -0.4 is 16.6 Å². The number of hydrogen-bond acceptors (Lipinski definition) is 6. The highest BCUT2D eigenvalue weighted by Gasteiger charge is 2.15. The summed E-state index contributed by atoms with van der Waals surface area (Å²) in [6, 6.07) is 7.30. The summed E-state index contributed by atoms with van der Waals surface area (Å²) in [5, 5.41) is 2.85. The number of hydrogen-bond donors (Lipinski definition) is 1. The van der Waals surface area contributed by atoms with E-state index < -0.39 is 11.2 Å². The second kappa shape index (κ2) is 10.1. The highest BCUT2D eigenvalue weighted by Crippen LogP contribution is 2.16. The summed E-state index contributed by atoms with van der Waals surface area (Å²) in [5.41, 5.74) is 1.29. The number of anilines is 1. The normalized spacial score (nSPS) is 11.3. The van der Waals surface area contributed by atoms with Crippen molar-refractivity contribution in [2.45, 2.75) is 25.7 Å². The number of ether oxygens (including phenoxy) is 1. The molecule has 0 aliphatic rings. The fourth-order valence-electron chi connectivity index (χ4n) is 3.46. The third-order valence-corrected chi connectivity index (χ3v) is 5.37. The second-order valence-electron chi connectivity index (χ2n) is 7.70. The molecule has 2 aromatic heterocycles. The number of aromatic nitrogens is 4. The van der Waals surface area contributed by atoms with Gasteiger partial charge in [-0.25, -0.2) is 9.78 Å². The molecule has 2 heterocycles. The Labute approximate surface area is 190 Å². The van der Waals surface area contributed by atoms with Crippen molar-refractivity contribution >= 4 is 40.9 Å². The Balaban J connectivity index is 1.72. The highest BCUT2D eigenvalue weighted by molar-refractivity contribution is 5.91. The molecule has 10 nitrogen and oxygen atoms in total. The Kier molecular flexibility index (Phi) is 7.27. The fourth-order valence-corrected chi connectivity index (χ4v) is 3.46. The highest BCUT2D eigenvalue weighted by atomic mass is 16.5. The zero-order valence-electron chi connectivity index (χ0n) is 19.1. The first kappa shape index (κ1) is 23.7. The van der Waals surface area contributed by atoms with Crippen LogP contribution in [0.4, 0.5) is 5.69 Å². The summed E-state index contributed by atoms with van der Waals surface area (Å²) in [4.78, 5) is 52.4. The van der Waals surface area contributed by atoms with Gasteiger partial charge in [-0.3, -0.25) is 23.5 Å². The third-order valence-electron chi connectivity index (χ3n) is 5.37. The number of nitrogens with one attached hydrogen (secondary N) is 1. The number of carbonyl (C=O) groups excluding carboxylic acids is 2. The van der Waals surface area contributed by atoms with Gasteiger partial charge in [-0.2, -0.15) is 0 Å². The standard InChI is InChI=1S/C23H27N5O5/c1-26-17(25-21-20(26)22(31)28(3)23(32)27(21)2)13-12-15-8-7-9-16(14-15)24-18(29)10-5-6-11-19(30)33-4/h7-9,12-14H,5-6,10-11H2,1-4H3,(H,24,29)/b13-12+. The van der Waals surface area contributed by atoms with Gasteiger partial charge >= 0.3 is 11.7 Å². The average Bonchev–Trinajstić information content (AvgIpc) is 3.14. The van der Waals surface area contributed by atoms with Crippen molar-refractivity contribution in [3.63, 3.8) is 0 Å². The van der Waals surface area contributed by atoms with Gasteiger partial charge < -0.3 is 14.6 Å². The van der Waals surface area contributed by atoms with E-state index in [1.165, 1.54) is 18.7 Å². The minimum absolute atomic E-state index is 0.131. The second-order valence-corrected chi connectivity index (χ2v) is 7.70. The molecule has 33 heavy (non-hydrogen) atoms. The molecule has 174 valence electrons. The lowest BCUT2D eigenvalue weighted by molar-refractivity contribution is -0.140. The number of methoxy groups -OCH3 is 1. The lowest BCUT2D eigenvalue weighted by Crippen LogP contribution is -2.37. The number of unbranched alkanes of at least 4 members (excludes halogenated alkanes) is 1. The van der Waals surface area contributed by atoms with E-state index in [0.29, 0.717) is 48.4 Å². The summed E-state index contributed by atoms with van der Waals surface area (Å²) in [7, 11) is 6.07. The van der Waals surface area contributed by atoms with E-state index in [2.05, 4.69) is 15.0 Å². The average molecular weight is 453 g/mol. The van der Waals surface area contributed by atoms with Crippen LogP contribution in [0.1, 0.15) is 37.1 Å². The molecule has 0 aliphatic heterocycles. The molecule has 0 unspecified atom stereocenters. The number of carbonyl (C=O) groups is 2. The van der Waals surface area contributed by atoms with Gasteiger partial charge in [-0.05, 0) is 36.6 Å². The molecule has 0 aliphatic carbocycles.